The van der Waals surface area contributed by atoms with Crippen LogP contribution in [-0.2, 0) is 14.6 Å². The number of aryl methyl sites for hydroxylation is 1. The van der Waals surface area contributed by atoms with Crippen LogP contribution in [0.15, 0.2) is 59.3 Å². The van der Waals surface area contributed by atoms with Crippen molar-refractivity contribution in [2.75, 3.05) is 24.8 Å². The Balaban J connectivity index is 1.55. The molecule has 3 rings (SSSR count). The Morgan fingerprint density at radius 3 is 2.48 bits per heavy atom. The molecule has 0 saturated heterocycles. The van der Waals surface area contributed by atoms with Crippen molar-refractivity contribution in [2.24, 2.45) is 0 Å². The first-order valence-electron chi connectivity index (χ1n) is 9.64. The van der Waals surface area contributed by atoms with E-state index in [4.69, 9.17) is 9.47 Å². The smallest absolute Gasteiger partial charge is 0.268 e. The standard InChI is InChI=1S/C22H20N4O5S2/c1-15-5-3-4-6-19(15)31-12-11-30-18-9-7-16(8-10-18)13-17(14-23)20(27)24-21-25-22(26-32-21)33(2,28)29/h3-10,13H,11-12H2,1-2H3,(H,24,25,26,27). The summed E-state index contributed by atoms with van der Waals surface area (Å²) < 4.78 is 37.9. The number of benzene rings is 2. The normalized spacial score (nSPS) is 11.5. The highest BCUT2D eigenvalue weighted by Gasteiger charge is 2.17. The number of nitrogens with one attached hydrogen (secondary N) is 1. The molecular weight excluding hydrogens is 464 g/mol. The fraction of sp³-hybridized carbons (Fsp3) is 0.182. The molecule has 11 heteroatoms. The zero-order valence-electron chi connectivity index (χ0n) is 17.8. The van der Waals surface area contributed by atoms with E-state index in [9.17, 15) is 18.5 Å². The number of hydrogen-bond acceptors (Lipinski definition) is 9. The Morgan fingerprint density at radius 1 is 1.15 bits per heavy atom. The van der Waals surface area contributed by atoms with Gasteiger partial charge in [0.1, 0.15) is 36.4 Å². The van der Waals surface area contributed by atoms with Crippen molar-refractivity contribution >= 4 is 38.5 Å². The molecule has 2 aromatic carbocycles. The molecule has 0 aliphatic heterocycles. The summed E-state index contributed by atoms with van der Waals surface area (Å²) in [6, 6.07) is 16.4. The Morgan fingerprint density at radius 2 is 1.85 bits per heavy atom. The highest BCUT2D eigenvalue weighted by atomic mass is 32.2. The summed E-state index contributed by atoms with van der Waals surface area (Å²) in [7, 11) is -3.58. The summed E-state index contributed by atoms with van der Waals surface area (Å²) >= 11 is 0.714. The molecule has 0 bridgehead atoms. The van der Waals surface area contributed by atoms with Crippen molar-refractivity contribution in [3.05, 3.63) is 65.2 Å². The van der Waals surface area contributed by atoms with Gasteiger partial charge in [-0.15, -0.1) is 0 Å². The number of para-hydroxylation sites is 1. The number of nitrogens with zero attached hydrogens (tertiary/aromatic N) is 3. The van der Waals surface area contributed by atoms with Gasteiger partial charge in [0.25, 0.3) is 11.1 Å². The fourth-order valence-corrected chi connectivity index (χ4v) is 4.02. The lowest BCUT2D eigenvalue weighted by Gasteiger charge is -2.10. The maximum absolute atomic E-state index is 12.3. The molecular formula is C22H20N4O5S2. The molecule has 1 N–H and O–H groups in total. The van der Waals surface area contributed by atoms with Crippen LogP contribution in [-0.4, -0.2) is 43.2 Å². The molecule has 33 heavy (non-hydrogen) atoms. The number of carbonyl (C=O) groups excluding carboxylic acids is 1. The summed E-state index contributed by atoms with van der Waals surface area (Å²) in [6.07, 6.45) is 2.37. The number of anilines is 1. The molecule has 0 saturated carbocycles. The third kappa shape index (κ3) is 6.86. The van der Waals surface area contributed by atoms with Crippen molar-refractivity contribution in [2.45, 2.75) is 12.1 Å². The molecule has 1 heterocycles. The maximum Gasteiger partial charge on any atom is 0.268 e. The average molecular weight is 485 g/mol. The summed E-state index contributed by atoms with van der Waals surface area (Å²) in [4.78, 5) is 16.1. The van der Waals surface area contributed by atoms with E-state index in [2.05, 4.69) is 14.7 Å². The lowest BCUT2D eigenvalue weighted by Crippen LogP contribution is -2.13. The maximum atomic E-state index is 12.3. The third-order valence-corrected chi connectivity index (χ3v) is 5.81. The second kappa shape index (κ2) is 10.7. The van der Waals surface area contributed by atoms with Crippen molar-refractivity contribution in [3.8, 4) is 17.6 Å². The first-order valence-corrected chi connectivity index (χ1v) is 12.3. The van der Waals surface area contributed by atoms with Crippen LogP contribution < -0.4 is 14.8 Å². The predicted molar refractivity (Wildman–Crippen MR) is 124 cm³/mol. The van der Waals surface area contributed by atoms with Crippen LogP contribution in [0.5, 0.6) is 11.5 Å². The van der Waals surface area contributed by atoms with Crippen LogP contribution in [0, 0.1) is 18.3 Å². The Labute approximate surface area is 195 Å². The SMILES string of the molecule is Cc1ccccc1OCCOc1ccc(C=C(C#N)C(=O)Nc2nc(S(C)(=O)=O)ns2)cc1. The second-order valence-corrected chi connectivity index (χ2v) is 9.47. The molecule has 0 aliphatic carbocycles. The first kappa shape index (κ1) is 23.9. The van der Waals surface area contributed by atoms with Gasteiger partial charge in [0.2, 0.25) is 15.0 Å². The van der Waals surface area contributed by atoms with Crippen molar-refractivity contribution < 1.29 is 22.7 Å². The van der Waals surface area contributed by atoms with Crippen molar-refractivity contribution in [1.82, 2.24) is 9.36 Å². The van der Waals surface area contributed by atoms with Gasteiger partial charge in [0.15, 0.2) is 0 Å². The van der Waals surface area contributed by atoms with Gasteiger partial charge in [-0.1, -0.05) is 30.3 Å². The molecule has 0 atom stereocenters. The molecule has 170 valence electrons. The number of ether oxygens (including phenoxy) is 2. The number of sulfone groups is 1. The highest BCUT2D eigenvalue weighted by molar-refractivity contribution is 7.90. The van der Waals surface area contributed by atoms with Gasteiger partial charge in [-0.2, -0.15) is 14.6 Å². The van der Waals surface area contributed by atoms with E-state index in [1.54, 1.807) is 24.3 Å². The molecule has 0 unspecified atom stereocenters. The third-order valence-electron chi connectivity index (χ3n) is 4.22. The van der Waals surface area contributed by atoms with Crippen LogP contribution in [0.4, 0.5) is 5.13 Å². The quantitative estimate of drug-likeness (QED) is 0.278. The minimum Gasteiger partial charge on any atom is -0.490 e. The molecule has 1 aromatic heterocycles. The van der Waals surface area contributed by atoms with Crippen LogP contribution >= 0.6 is 11.5 Å². The summed E-state index contributed by atoms with van der Waals surface area (Å²) in [5, 5.41) is 11.3. The van der Waals surface area contributed by atoms with Gasteiger partial charge in [0.05, 0.1) is 0 Å². The van der Waals surface area contributed by atoms with Crippen LogP contribution in [0.3, 0.4) is 0 Å². The topological polar surface area (TPSA) is 131 Å². The van der Waals surface area contributed by atoms with Crippen molar-refractivity contribution in [1.29, 1.82) is 5.26 Å². The summed E-state index contributed by atoms with van der Waals surface area (Å²) in [5.41, 5.74) is 1.48. The monoisotopic (exact) mass is 484 g/mol. The number of amides is 1. The summed E-state index contributed by atoms with van der Waals surface area (Å²) in [6.45, 7) is 2.71. The molecule has 0 spiro atoms. The minimum absolute atomic E-state index is 0.0155. The highest BCUT2D eigenvalue weighted by Crippen LogP contribution is 2.19. The number of nitriles is 1. The Bertz CT molecular complexity index is 1310. The van der Waals surface area contributed by atoms with Gasteiger partial charge >= 0.3 is 0 Å². The van der Waals surface area contributed by atoms with E-state index in [1.165, 1.54) is 6.08 Å². The second-order valence-electron chi connectivity index (χ2n) is 6.81. The lowest BCUT2D eigenvalue weighted by atomic mass is 10.1. The van der Waals surface area contributed by atoms with E-state index < -0.39 is 15.7 Å². The van der Waals surface area contributed by atoms with Gasteiger partial charge in [-0.25, -0.2) is 8.42 Å². The number of hydrogen-bond donors (Lipinski definition) is 1. The zero-order chi connectivity index (χ0) is 23.8. The average Bonchev–Trinajstić information content (AvgIpc) is 3.26. The Hall–Kier alpha value is -3.75. The van der Waals surface area contributed by atoms with Crippen LogP contribution in [0.1, 0.15) is 11.1 Å². The minimum atomic E-state index is -3.58. The number of aromatic nitrogens is 2. The Kier molecular flexibility index (Phi) is 7.76. The fourth-order valence-electron chi connectivity index (χ4n) is 2.58. The predicted octanol–water partition coefficient (Wildman–Crippen LogP) is 3.25. The van der Waals surface area contributed by atoms with Crippen LogP contribution in [0.2, 0.25) is 0 Å². The largest absolute Gasteiger partial charge is 0.490 e. The van der Waals surface area contributed by atoms with Gasteiger partial charge in [-0.05, 0) is 42.3 Å². The molecule has 0 fully saturated rings. The van der Waals surface area contributed by atoms with Gasteiger partial charge < -0.3 is 9.47 Å². The molecule has 0 aliphatic rings. The molecule has 3 aromatic rings. The van der Waals surface area contributed by atoms with E-state index in [-0.39, 0.29) is 15.9 Å². The first-order chi connectivity index (χ1) is 15.8. The molecule has 9 nitrogen and oxygen atoms in total. The number of carbonyl (C=O) groups is 1. The van der Waals surface area contributed by atoms with E-state index in [0.717, 1.165) is 17.6 Å². The molecule has 0 radical (unpaired) electrons. The van der Waals surface area contributed by atoms with Gasteiger partial charge in [-0.3, -0.25) is 10.1 Å². The van der Waals surface area contributed by atoms with Gasteiger partial charge in [0, 0.05) is 17.8 Å². The van der Waals surface area contributed by atoms with E-state index in [0.29, 0.717) is 36.1 Å². The summed E-state index contributed by atoms with van der Waals surface area (Å²) in [5.74, 6) is 0.706. The lowest BCUT2D eigenvalue weighted by molar-refractivity contribution is -0.112. The molecule has 1 amide bonds. The van der Waals surface area contributed by atoms with Crippen LogP contribution in [0.25, 0.3) is 6.08 Å². The van der Waals surface area contributed by atoms with E-state index in [1.807, 2.05) is 37.3 Å². The van der Waals surface area contributed by atoms with E-state index >= 15 is 0 Å². The van der Waals surface area contributed by atoms with Crippen molar-refractivity contribution in [3.63, 3.8) is 0 Å². The zero-order valence-corrected chi connectivity index (χ0v) is 19.4. The number of rotatable bonds is 9.